The zero-order valence-corrected chi connectivity index (χ0v) is 12.1. The van der Waals surface area contributed by atoms with Gasteiger partial charge in [-0.1, -0.05) is 13.8 Å². The van der Waals surface area contributed by atoms with Crippen LogP contribution in [0.25, 0.3) is 0 Å². The third-order valence-electron chi connectivity index (χ3n) is 2.40. The van der Waals surface area contributed by atoms with Crippen LogP contribution in [0.15, 0.2) is 6.07 Å². The Bertz CT molecular complexity index is 372. The SMILES string of the molecule is CNc1cc(OCCOCCOC)nc(C(C)C)n1. The number of methoxy groups -OCH3 is 1. The van der Waals surface area contributed by atoms with E-state index in [1.165, 1.54) is 0 Å². The average molecular weight is 269 g/mol. The molecule has 0 radical (unpaired) electrons. The number of anilines is 1. The summed E-state index contributed by atoms with van der Waals surface area (Å²) in [5.41, 5.74) is 0. The van der Waals surface area contributed by atoms with Crippen molar-refractivity contribution in [2.75, 3.05) is 45.9 Å². The van der Waals surface area contributed by atoms with Crippen LogP contribution in [0.4, 0.5) is 5.82 Å². The van der Waals surface area contributed by atoms with E-state index in [0.29, 0.717) is 32.3 Å². The Balaban J connectivity index is 2.46. The number of nitrogens with one attached hydrogen (secondary N) is 1. The quantitative estimate of drug-likeness (QED) is 0.688. The highest BCUT2D eigenvalue weighted by molar-refractivity contribution is 5.38. The van der Waals surface area contributed by atoms with Gasteiger partial charge in [-0.2, -0.15) is 4.98 Å². The molecule has 0 atom stereocenters. The van der Waals surface area contributed by atoms with Gasteiger partial charge in [0.25, 0.3) is 0 Å². The molecule has 0 spiro atoms. The van der Waals surface area contributed by atoms with Crippen LogP contribution in [0.3, 0.4) is 0 Å². The maximum absolute atomic E-state index is 5.56. The smallest absolute Gasteiger partial charge is 0.218 e. The van der Waals surface area contributed by atoms with Crippen LogP contribution >= 0.6 is 0 Å². The van der Waals surface area contributed by atoms with E-state index in [-0.39, 0.29) is 5.92 Å². The maximum atomic E-state index is 5.56. The van der Waals surface area contributed by atoms with E-state index in [9.17, 15) is 0 Å². The summed E-state index contributed by atoms with van der Waals surface area (Å²) >= 11 is 0. The normalized spacial score (nSPS) is 10.8. The van der Waals surface area contributed by atoms with E-state index in [0.717, 1.165) is 11.6 Å². The molecule has 0 unspecified atom stereocenters. The van der Waals surface area contributed by atoms with Gasteiger partial charge >= 0.3 is 0 Å². The molecular formula is C13H23N3O3. The molecular weight excluding hydrogens is 246 g/mol. The van der Waals surface area contributed by atoms with Gasteiger partial charge in [0.05, 0.1) is 19.8 Å². The molecule has 0 saturated heterocycles. The first-order valence-corrected chi connectivity index (χ1v) is 6.43. The number of rotatable bonds is 9. The zero-order chi connectivity index (χ0) is 14.1. The number of aromatic nitrogens is 2. The van der Waals surface area contributed by atoms with Gasteiger partial charge in [0.2, 0.25) is 5.88 Å². The van der Waals surface area contributed by atoms with Crippen LogP contribution in [0.5, 0.6) is 5.88 Å². The highest BCUT2D eigenvalue weighted by atomic mass is 16.5. The first kappa shape index (κ1) is 15.7. The molecule has 0 fully saturated rings. The summed E-state index contributed by atoms with van der Waals surface area (Å²) in [4.78, 5) is 8.73. The van der Waals surface area contributed by atoms with Gasteiger partial charge < -0.3 is 19.5 Å². The fraction of sp³-hybridized carbons (Fsp3) is 0.692. The molecule has 0 aromatic carbocycles. The van der Waals surface area contributed by atoms with Crippen LogP contribution < -0.4 is 10.1 Å². The summed E-state index contributed by atoms with van der Waals surface area (Å²) in [7, 11) is 3.47. The van der Waals surface area contributed by atoms with Crippen molar-refractivity contribution in [1.29, 1.82) is 0 Å². The summed E-state index contributed by atoms with van der Waals surface area (Å²) in [5.74, 6) is 2.35. The fourth-order valence-corrected chi connectivity index (χ4v) is 1.35. The molecule has 0 bridgehead atoms. The number of hydrogen-bond donors (Lipinski definition) is 1. The zero-order valence-electron chi connectivity index (χ0n) is 12.1. The van der Waals surface area contributed by atoms with Crippen LogP contribution in [0.2, 0.25) is 0 Å². The number of nitrogens with zero attached hydrogens (tertiary/aromatic N) is 2. The average Bonchev–Trinajstić information content (AvgIpc) is 2.42. The largest absolute Gasteiger partial charge is 0.475 e. The van der Waals surface area contributed by atoms with Crippen molar-refractivity contribution in [3.63, 3.8) is 0 Å². The monoisotopic (exact) mass is 269 g/mol. The molecule has 108 valence electrons. The molecule has 6 heteroatoms. The predicted octanol–water partition coefficient (Wildman–Crippen LogP) is 1.68. The van der Waals surface area contributed by atoms with Gasteiger partial charge in [-0.15, -0.1) is 0 Å². The second-order valence-corrected chi connectivity index (χ2v) is 4.31. The Labute approximate surface area is 114 Å². The van der Waals surface area contributed by atoms with Gasteiger partial charge in [-0.3, -0.25) is 0 Å². The van der Waals surface area contributed by atoms with E-state index in [2.05, 4.69) is 15.3 Å². The molecule has 1 N–H and O–H groups in total. The molecule has 0 aliphatic carbocycles. The minimum Gasteiger partial charge on any atom is -0.475 e. The van der Waals surface area contributed by atoms with Crippen LogP contribution in [0.1, 0.15) is 25.6 Å². The van der Waals surface area contributed by atoms with Crippen molar-refractivity contribution in [2.45, 2.75) is 19.8 Å². The Morgan fingerprint density at radius 2 is 1.89 bits per heavy atom. The number of hydrogen-bond acceptors (Lipinski definition) is 6. The molecule has 0 saturated carbocycles. The predicted molar refractivity (Wildman–Crippen MR) is 73.9 cm³/mol. The highest BCUT2D eigenvalue weighted by Crippen LogP contribution is 2.18. The molecule has 19 heavy (non-hydrogen) atoms. The van der Waals surface area contributed by atoms with Crippen molar-refractivity contribution in [2.24, 2.45) is 0 Å². The third kappa shape index (κ3) is 5.85. The van der Waals surface area contributed by atoms with E-state index in [4.69, 9.17) is 14.2 Å². The van der Waals surface area contributed by atoms with Crippen LogP contribution in [0, 0.1) is 0 Å². The Kier molecular flexibility index (Phi) is 7.14. The Morgan fingerprint density at radius 3 is 2.53 bits per heavy atom. The lowest BCUT2D eigenvalue weighted by Gasteiger charge is -2.11. The molecule has 1 aromatic rings. The van der Waals surface area contributed by atoms with Crippen molar-refractivity contribution in [3.8, 4) is 5.88 Å². The van der Waals surface area contributed by atoms with Gasteiger partial charge in [-0.25, -0.2) is 4.98 Å². The second kappa shape index (κ2) is 8.66. The molecule has 1 aromatic heterocycles. The first-order valence-electron chi connectivity index (χ1n) is 6.43. The summed E-state index contributed by atoms with van der Waals surface area (Å²) < 4.78 is 15.8. The Morgan fingerprint density at radius 1 is 1.16 bits per heavy atom. The van der Waals surface area contributed by atoms with Crippen molar-refractivity contribution < 1.29 is 14.2 Å². The molecule has 0 aliphatic rings. The molecule has 0 amide bonds. The summed E-state index contributed by atoms with van der Waals surface area (Å²) in [5, 5.41) is 3.00. The molecule has 6 nitrogen and oxygen atoms in total. The number of ether oxygens (including phenoxy) is 3. The summed E-state index contributed by atoms with van der Waals surface area (Å²) in [6, 6.07) is 1.78. The lowest BCUT2D eigenvalue weighted by atomic mass is 10.2. The van der Waals surface area contributed by atoms with E-state index in [1.54, 1.807) is 13.2 Å². The van der Waals surface area contributed by atoms with E-state index >= 15 is 0 Å². The van der Waals surface area contributed by atoms with Crippen molar-refractivity contribution in [3.05, 3.63) is 11.9 Å². The lowest BCUT2D eigenvalue weighted by molar-refractivity contribution is 0.0536. The van der Waals surface area contributed by atoms with E-state index < -0.39 is 0 Å². The Hall–Kier alpha value is -1.40. The van der Waals surface area contributed by atoms with Gasteiger partial charge in [0.15, 0.2) is 0 Å². The third-order valence-corrected chi connectivity index (χ3v) is 2.40. The first-order chi connectivity index (χ1) is 9.17. The highest BCUT2D eigenvalue weighted by Gasteiger charge is 2.08. The topological polar surface area (TPSA) is 65.5 Å². The van der Waals surface area contributed by atoms with Gasteiger partial charge in [0, 0.05) is 26.1 Å². The van der Waals surface area contributed by atoms with Gasteiger partial charge in [0.1, 0.15) is 18.2 Å². The van der Waals surface area contributed by atoms with Gasteiger partial charge in [-0.05, 0) is 0 Å². The minimum atomic E-state index is 0.258. The minimum absolute atomic E-state index is 0.258. The van der Waals surface area contributed by atoms with Crippen LogP contribution in [-0.2, 0) is 9.47 Å². The maximum Gasteiger partial charge on any atom is 0.218 e. The van der Waals surface area contributed by atoms with Crippen molar-refractivity contribution >= 4 is 5.82 Å². The molecule has 0 aliphatic heterocycles. The lowest BCUT2D eigenvalue weighted by Crippen LogP contribution is -2.12. The summed E-state index contributed by atoms with van der Waals surface area (Å²) in [6.07, 6.45) is 0. The van der Waals surface area contributed by atoms with Crippen molar-refractivity contribution in [1.82, 2.24) is 9.97 Å². The molecule has 1 rings (SSSR count). The summed E-state index contributed by atoms with van der Waals surface area (Å²) in [6.45, 7) is 6.23. The van der Waals surface area contributed by atoms with Crippen LogP contribution in [-0.4, -0.2) is 50.6 Å². The molecule has 1 heterocycles. The fourth-order valence-electron chi connectivity index (χ4n) is 1.35. The second-order valence-electron chi connectivity index (χ2n) is 4.31. The van der Waals surface area contributed by atoms with E-state index in [1.807, 2.05) is 20.9 Å². The standard InChI is InChI=1S/C13H23N3O3/c1-10(2)13-15-11(14-3)9-12(16-13)19-8-7-18-6-5-17-4/h9-10H,5-8H2,1-4H3,(H,14,15,16).